The zero-order valence-electron chi connectivity index (χ0n) is 19.3. The maximum atomic E-state index is 8.53. The second kappa shape index (κ2) is 28.6. The zero-order chi connectivity index (χ0) is 22.5. The van der Waals surface area contributed by atoms with Crippen LogP contribution >= 0.6 is 0 Å². The summed E-state index contributed by atoms with van der Waals surface area (Å²) in [5.74, 6) is 0. The molecule has 0 aliphatic rings. The Kier molecular flexibility index (Phi) is 26.3. The Balaban J connectivity index is 2.98. The molecular formula is C20H42O10. The van der Waals surface area contributed by atoms with E-state index < -0.39 is 0 Å². The van der Waals surface area contributed by atoms with Crippen LogP contribution in [0.25, 0.3) is 0 Å². The molecule has 0 aromatic carbocycles. The van der Waals surface area contributed by atoms with Crippen molar-refractivity contribution in [2.75, 3.05) is 126 Å². The Morgan fingerprint density at radius 2 is 0.633 bits per heavy atom. The quantitative estimate of drug-likeness (QED) is 0.176. The normalized spacial score (nSPS) is 11.8. The van der Waals surface area contributed by atoms with Gasteiger partial charge in [0.2, 0.25) is 0 Å². The highest BCUT2D eigenvalue weighted by molar-refractivity contribution is 4.38. The van der Waals surface area contributed by atoms with Gasteiger partial charge in [-0.2, -0.15) is 0 Å². The van der Waals surface area contributed by atoms with Gasteiger partial charge >= 0.3 is 0 Å². The van der Waals surface area contributed by atoms with Crippen LogP contribution in [0, 0.1) is 0 Å². The number of aliphatic hydroxyl groups excluding tert-OH is 1. The Morgan fingerprint density at radius 1 is 0.400 bits per heavy atom. The molecule has 10 heteroatoms. The first-order valence-electron chi connectivity index (χ1n) is 11.2. The molecule has 0 aromatic heterocycles. The van der Waals surface area contributed by atoms with Gasteiger partial charge in [0, 0.05) is 7.98 Å². The summed E-state index contributed by atoms with van der Waals surface area (Å²) < 4.78 is 54.7. The number of hydrogen-bond acceptors (Lipinski definition) is 10. The maximum Gasteiger partial charge on any atom is 0.0701 e. The van der Waals surface area contributed by atoms with Crippen molar-refractivity contribution in [2.24, 2.45) is 0 Å². The third-order valence-electron chi connectivity index (χ3n) is 3.36. The maximum absolute atomic E-state index is 8.53. The molecule has 0 saturated heterocycles. The highest BCUT2D eigenvalue weighted by atomic mass is 16.6. The number of hydrogen-bond donors (Lipinski definition) is 1. The minimum atomic E-state index is 0.0289. The molecule has 0 aliphatic carbocycles. The van der Waals surface area contributed by atoms with Gasteiger partial charge in [0.15, 0.2) is 0 Å². The molecule has 0 aliphatic heterocycles. The first-order chi connectivity index (χ1) is 15.4. The Bertz CT molecular complexity index is 288. The van der Waals surface area contributed by atoms with E-state index in [1.807, 2.05) is 0 Å². The van der Waals surface area contributed by atoms with Gasteiger partial charge in [-0.15, -0.1) is 0 Å². The van der Waals surface area contributed by atoms with Gasteiger partial charge in [-0.05, 0) is 6.90 Å². The Labute approximate surface area is 182 Å². The third kappa shape index (κ3) is 27.6. The smallest absolute Gasteiger partial charge is 0.0701 e. The molecule has 0 unspecified atom stereocenters. The van der Waals surface area contributed by atoms with Crippen molar-refractivity contribution in [2.45, 2.75) is 6.90 Å². The molecule has 0 spiro atoms. The van der Waals surface area contributed by atoms with Crippen LogP contribution in [0.3, 0.4) is 0 Å². The fourth-order valence-electron chi connectivity index (χ4n) is 1.93. The minimum Gasteiger partial charge on any atom is -0.394 e. The molecule has 0 radical (unpaired) electrons. The van der Waals surface area contributed by atoms with Crippen LogP contribution in [0.5, 0.6) is 0 Å². The van der Waals surface area contributed by atoms with Crippen molar-refractivity contribution in [3.8, 4) is 0 Å². The number of aliphatic hydroxyl groups is 1. The number of ether oxygens (including phenoxy) is 9. The van der Waals surface area contributed by atoms with E-state index in [1.54, 1.807) is 0 Å². The third-order valence-corrected chi connectivity index (χ3v) is 3.36. The molecule has 0 amide bonds. The molecule has 0 rings (SSSR count). The van der Waals surface area contributed by atoms with Gasteiger partial charge in [-0.3, -0.25) is 0 Å². The minimum absolute atomic E-state index is 0.0289. The van der Waals surface area contributed by atoms with Crippen molar-refractivity contribution in [3.63, 3.8) is 0 Å². The molecule has 30 heavy (non-hydrogen) atoms. The van der Waals surface area contributed by atoms with Gasteiger partial charge < -0.3 is 47.7 Å². The monoisotopic (exact) mass is 444 g/mol. The summed E-state index contributed by atoms with van der Waals surface area (Å²) in [7, 11) is 0. The van der Waals surface area contributed by atoms with Crippen LogP contribution in [-0.2, 0) is 42.6 Å². The molecule has 0 atom stereocenters. The molecule has 0 aromatic rings. The van der Waals surface area contributed by atoms with E-state index in [0.717, 1.165) is 0 Å². The molecule has 1 N–H and O–H groups in total. The highest BCUT2D eigenvalue weighted by Gasteiger charge is 1.95. The van der Waals surface area contributed by atoms with Crippen LogP contribution in [0.4, 0.5) is 0 Å². The first-order valence-corrected chi connectivity index (χ1v) is 10.5. The highest BCUT2D eigenvalue weighted by Crippen LogP contribution is 1.86. The standard InChI is InChI=1S/C20H42O10/c1-2-22-5-6-24-9-10-26-13-14-28-17-18-30-20-19-29-16-15-27-12-11-25-8-7-23-4-3-21/h21H,2-20H2,1H3/i1T. The predicted molar refractivity (Wildman–Crippen MR) is 110 cm³/mol. The van der Waals surface area contributed by atoms with Crippen molar-refractivity contribution in [1.29, 1.82) is 0 Å². The van der Waals surface area contributed by atoms with Crippen molar-refractivity contribution < 1.29 is 49.1 Å². The molecule has 0 heterocycles. The molecular weight excluding hydrogens is 400 g/mol. The second-order valence-corrected chi connectivity index (χ2v) is 5.73. The largest absolute Gasteiger partial charge is 0.394 e. The lowest BCUT2D eigenvalue weighted by Crippen LogP contribution is -2.15. The lowest BCUT2D eigenvalue weighted by Gasteiger charge is -2.08. The molecule has 0 saturated carbocycles. The molecule has 0 fully saturated rings. The summed E-state index contributed by atoms with van der Waals surface area (Å²) in [6, 6.07) is 0. The van der Waals surface area contributed by atoms with Gasteiger partial charge in [0.1, 0.15) is 0 Å². The van der Waals surface area contributed by atoms with Crippen LogP contribution < -0.4 is 0 Å². The number of rotatable bonds is 27. The molecule has 10 nitrogen and oxygen atoms in total. The SMILES string of the molecule is [3H]CCOCCOCCOCCOCCOCCOCCOCCOCCOCCO. The van der Waals surface area contributed by atoms with E-state index in [0.29, 0.717) is 119 Å². The Morgan fingerprint density at radius 3 is 0.867 bits per heavy atom. The lowest BCUT2D eigenvalue weighted by atomic mass is 10.6. The summed E-state index contributed by atoms with van der Waals surface area (Å²) in [6.45, 7) is 9.28. The summed E-state index contributed by atoms with van der Waals surface area (Å²) in [6.07, 6.45) is 0. The van der Waals surface area contributed by atoms with Gasteiger partial charge in [0.05, 0.1) is 119 Å². The molecule has 182 valence electrons. The van der Waals surface area contributed by atoms with Crippen LogP contribution in [0.1, 0.15) is 8.27 Å². The summed E-state index contributed by atoms with van der Waals surface area (Å²) in [5.41, 5.74) is 0. The predicted octanol–water partition coefficient (Wildman–Crippen LogP) is 0.148. The van der Waals surface area contributed by atoms with Gasteiger partial charge in [0.25, 0.3) is 0 Å². The summed E-state index contributed by atoms with van der Waals surface area (Å²) in [5, 5.41) is 8.53. The van der Waals surface area contributed by atoms with E-state index in [-0.39, 0.29) is 13.5 Å². The van der Waals surface area contributed by atoms with Crippen molar-refractivity contribution >= 4 is 0 Å². The van der Waals surface area contributed by atoms with Crippen molar-refractivity contribution in [3.05, 3.63) is 0 Å². The average Bonchev–Trinajstić information content (AvgIpc) is 2.78. The van der Waals surface area contributed by atoms with Crippen LogP contribution in [0.15, 0.2) is 0 Å². The van der Waals surface area contributed by atoms with Crippen LogP contribution in [0.2, 0.25) is 0 Å². The second-order valence-electron chi connectivity index (χ2n) is 5.73. The van der Waals surface area contributed by atoms with E-state index in [1.165, 1.54) is 0 Å². The van der Waals surface area contributed by atoms with Gasteiger partial charge in [-0.25, -0.2) is 0 Å². The fraction of sp³-hybridized carbons (Fsp3) is 1.00. The average molecular weight is 445 g/mol. The van der Waals surface area contributed by atoms with E-state index in [9.17, 15) is 0 Å². The Hall–Kier alpha value is -0.400. The zero-order valence-corrected chi connectivity index (χ0v) is 18.3. The van der Waals surface area contributed by atoms with E-state index in [4.69, 9.17) is 49.1 Å². The fourth-order valence-corrected chi connectivity index (χ4v) is 1.93. The van der Waals surface area contributed by atoms with Crippen molar-refractivity contribution in [1.82, 2.24) is 0 Å². The van der Waals surface area contributed by atoms with Gasteiger partial charge in [-0.1, -0.05) is 0 Å². The summed E-state index contributed by atoms with van der Waals surface area (Å²) >= 11 is 0. The lowest BCUT2D eigenvalue weighted by molar-refractivity contribution is -0.0253. The topological polar surface area (TPSA) is 103 Å². The first kappa shape index (κ1) is 27.6. The van der Waals surface area contributed by atoms with E-state index in [2.05, 4.69) is 0 Å². The molecule has 0 bridgehead atoms. The summed E-state index contributed by atoms with van der Waals surface area (Å²) in [4.78, 5) is 0. The van der Waals surface area contributed by atoms with Crippen LogP contribution in [-0.4, -0.2) is 131 Å². The van der Waals surface area contributed by atoms with E-state index >= 15 is 0 Å².